The Hall–Kier alpha value is -1.43. The highest BCUT2D eigenvalue weighted by Gasteiger charge is 2.48. The van der Waals surface area contributed by atoms with Gasteiger partial charge in [-0.3, -0.25) is 19.3 Å². The number of rotatable bonds is 6. The summed E-state index contributed by atoms with van der Waals surface area (Å²) in [6, 6.07) is 0. The van der Waals surface area contributed by atoms with Gasteiger partial charge in [0.05, 0.1) is 11.8 Å². The van der Waals surface area contributed by atoms with Crippen molar-refractivity contribution < 1.29 is 14.4 Å². The third-order valence-electron chi connectivity index (χ3n) is 4.11. The molecule has 2 N–H and O–H groups in total. The van der Waals surface area contributed by atoms with Gasteiger partial charge in [0.1, 0.15) is 6.54 Å². The van der Waals surface area contributed by atoms with Crippen LogP contribution in [0.25, 0.3) is 0 Å². The van der Waals surface area contributed by atoms with E-state index >= 15 is 0 Å². The molecule has 2 fully saturated rings. The van der Waals surface area contributed by atoms with E-state index in [1.54, 1.807) is 0 Å². The lowest BCUT2D eigenvalue weighted by atomic mass is 9.81. The smallest absolute Gasteiger partial charge is 0.240 e. The van der Waals surface area contributed by atoms with E-state index in [4.69, 9.17) is 0 Å². The molecule has 3 amide bonds. The zero-order valence-electron chi connectivity index (χ0n) is 12.0. The summed E-state index contributed by atoms with van der Waals surface area (Å²) in [4.78, 5) is 37.3. The maximum absolute atomic E-state index is 12.2. The Labute approximate surface area is 119 Å². The molecule has 0 aromatic carbocycles. The van der Waals surface area contributed by atoms with Gasteiger partial charge in [0.25, 0.3) is 0 Å². The van der Waals surface area contributed by atoms with Crippen molar-refractivity contribution >= 4 is 17.7 Å². The molecule has 6 heteroatoms. The lowest BCUT2D eigenvalue weighted by Gasteiger charge is -2.19. The average Bonchev–Trinajstić information content (AvgIpc) is 2.69. The van der Waals surface area contributed by atoms with Crippen LogP contribution in [0.1, 0.15) is 32.6 Å². The van der Waals surface area contributed by atoms with Gasteiger partial charge in [0.2, 0.25) is 17.7 Å². The molecule has 2 unspecified atom stereocenters. The number of carbonyl (C=O) groups excluding carboxylic acids is 3. The Morgan fingerprint density at radius 1 is 1.15 bits per heavy atom. The molecular formula is C14H23N3O3. The zero-order chi connectivity index (χ0) is 14.5. The summed E-state index contributed by atoms with van der Waals surface area (Å²) in [5, 5.41) is 5.81. The molecular weight excluding hydrogens is 258 g/mol. The van der Waals surface area contributed by atoms with E-state index in [0.29, 0.717) is 13.1 Å². The van der Waals surface area contributed by atoms with Gasteiger partial charge in [-0.1, -0.05) is 19.8 Å². The number of hydrogen-bond donors (Lipinski definition) is 2. The number of amides is 3. The molecule has 0 aromatic rings. The van der Waals surface area contributed by atoms with Crippen molar-refractivity contribution in [2.75, 3.05) is 26.2 Å². The Bertz CT molecular complexity index is 373. The van der Waals surface area contributed by atoms with E-state index in [-0.39, 0.29) is 36.1 Å². The molecule has 1 saturated carbocycles. The van der Waals surface area contributed by atoms with Gasteiger partial charge in [-0.2, -0.15) is 0 Å². The fourth-order valence-electron chi connectivity index (χ4n) is 3.05. The maximum Gasteiger partial charge on any atom is 0.240 e. The van der Waals surface area contributed by atoms with Crippen LogP contribution in [0.3, 0.4) is 0 Å². The first-order valence-electron chi connectivity index (χ1n) is 7.47. The van der Waals surface area contributed by atoms with E-state index in [0.717, 1.165) is 37.1 Å². The molecule has 2 aliphatic rings. The predicted molar refractivity (Wildman–Crippen MR) is 73.7 cm³/mol. The fraction of sp³-hybridized carbons (Fsp3) is 0.786. The molecule has 112 valence electrons. The van der Waals surface area contributed by atoms with Crippen LogP contribution in [0.2, 0.25) is 0 Å². The standard InChI is InChI=1S/C14H23N3O3/c1-2-15-7-8-16-12(18)9-17-13(19)10-5-3-4-6-11(10)14(17)20/h10-11,15H,2-9H2,1H3,(H,16,18). The van der Waals surface area contributed by atoms with E-state index in [9.17, 15) is 14.4 Å². The molecule has 0 aromatic heterocycles. The second-order valence-corrected chi connectivity index (χ2v) is 5.46. The molecule has 20 heavy (non-hydrogen) atoms. The number of hydrogen-bond acceptors (Lipinski definition) is 4. The lowest BCUT2D eigenvalue weighted by Crippen LogP contribution is -2.42. The Morgan fingerprint density at radius 3 is 2.30 bits per heavy atom. The van der Waals surface area contributed by atoms with Crippen molar-refractivity contribution in [2.45, 2.75) is 32.6 Å². The summed E-state index contributed by atoms with van der Waals surface area (Å²) in [7, 11) is 0. The minimum absolute atomic E-state index is 0.128. The van der Waals surface area contributed by atoms with Crippen LogP contribution < -0.4 is 10.6 Å². The van der Waals surface area contributed by atoms with Gasteiger partial charge in [0.15, 0.2) is 0 Å². The first-order valence-corrected chi connectivity index (χ1v) is 7.47. The molecule has 0 spiro atoms. The minimum atomic E-state index is -0.261. The molecule has 1 aliphatic heterocycles. The second kappa shape index (κ2) is 6.83. The van der Waals surface area contributed by atoms with Crippen molar-refractivity contribution in [3.63, 3.8) is 0 Å². The number of nitrogens with zero attached hydrogens (tertiary/aromatic N) is 1. The van der Waals surface area contributed by atoms with Crippen LogP contribution in [0, 0.1) is 11.8 Å². The summed E-state index contributed by atoms with van der Waals surface area (Å²) in [5.74, 6) is -0.914. The molecule has 1 heterocycles. The van der Waals surface area contributed by atoms with Crippen molar-refractivity contribution in [2.24, 2.45) is 11.8 Å². The monoisotopic (exact) mass is 281 g/mol. The van der Waals surface area contributed by atoms with Gasteiger partial charge in [-0.25, -0.2) is 0 Å². The summed E-state index contributed by atoms with van der Waals surface area (Å²) >= 11 is 0. The third-order valence-corrected chi connectivity index (χ3v) is 4.11. The first-order chi connectivity index (χ1) is 9.65. The summed E-state index contributed by atoms with van der Waals surface area (Å²) < 4.78 is 0. The van der Waals surface area contributed by atoms with Crippen molar-refractivity contribution in [3.05, 3.63) is 0 Å². The van der Waals surface area contributed by atoms with E-state index < -0.39 is 0 Å². The summed E-state index contributed by atoms with van der Waals surface area (Å²) in [6.07, 6.45) is 3.58. The second-order valence-electron chi connectivity index (χ2n) is 5.46. The van der Waals surface area contributed by atoms with Gasteiger partial charge >= 0.3 is 0 Å². The lowest BCUT2D eigenvalue weighted by molar-refractivity contribution is -0.143. The van der Waals surface area contributed by atoms with Crippen LogP contribution in [-0.4, -0.2) is 48.8 Å². The molecule has 0 radical (unpaired) electrons. The topological polar surface area (TPSA) is 78.5 Å². The molecule has 0 bridgehead atoms. The van der Waals surface area contributed by atoms with E-state index in [2.05, 4.69) is 10.6 Å². The number of imide groups is 1. The van der Waals surface area contributed by atoms with Crippen LogP contribution in [-0.2, 0) is 14.4 Å². The van der Waals surface area contributed by atoms with Crippen LogP contribution in [0.4, 0.5) is 0 Å². The van der Waals surface area contributed by atoms with Crippen molar-refractivity contribution in [3.8, 4) is 0 Å². The average molecular weight is 281 g/mol. The first kappa shape index (κ1) is 15.0. The van der Waals surface area contributed by atoms with Crippen molar-refractivity contribution in [1.82, 2.24) is 15.5 Å². The zero-order valence-corrected chi connectivity index (χ0v) is 12.0. The Balaban J connectivity index is 1.84. The van der Waals surface area contributed by atoms with E-state index in [1.165, 1.54) is 0 Å². The van der Waals surface area contributed by atoms with Gasteiger partial charge in [-0.05, 0) is 19.4 Å². The third kappa shape index (κ3) is 3.17. The van der Waals surface area contributed by atoms with Crippen LogP contribution in [0.5, 0.6) is 0 Å². The molecule has 6 nitrogen and oxygen atoms in total. The maximum atomic E-state index is 12.2. The SMILES string of the molecule is CCNCCNC(=O)CN1C(=O)C2CCCCC2C1=O. The summed E-state index contributed by atoms with van der Waals surface area (Å²) in [6.45, 7) is 3.91. The molecule has 1 saturated heterocycles. The Morgan fingerprint density at radius 2 is 1.75 bits per heavy atom. The highest BCUT2D eigenvalue weighted by atomic mass is 16.2. The molecule has 2 atom stereocenters. The molecule has 2 rings (SSSR count). The highest BCUT2D eigenvalue weighted by Crippen LogP contribution is 2.37. The fourth-order valence-corrected chi connectivity index (χ4v) is 3.05. The number of fused-ring (bicyclic) bond motifs is 1. The van der Waals surface area contributed by atoms with Gasteiger partial charge in [-0.15, -0.1) is 0 Å². The largest absolute Gasteiger partial charge is 0.353 e. The number of carbonyl (C=O) groups is 3. The van der Waals surface area contributed by atoms with Gasteiger partial charge in [0, 0.05) is 13.1 Å². The Kier molecular flexibility index (Phi) is 5.11. The van der Waals surface area contributed by atoms with Crippen molar-refractivity contribution in [1.29, 1.82) is 0 Å². The predicted octanol–water partition coefficient (Wildman–Crippen LogP) is -0.113. The minimum Gasteiger partial charge on any atom is -0.353 e. The highest BCUT2D eigenvalue weighted by molar-refractivity contribution is 6.07. The normalized spacial score (nSPS) is 25.8. The number of likely N-dealkylation sites (tertiary alicyclic amines) is 1. The molecule has 1 aliphatic carbocycles. The van der Waals surface area contributed by atoms with Crippen LogP contribution in [0.15, 0.2) is 0 Å². The van der Waals surface area contributed by atoms with Gasteiger partial charge < -0.3 is 10.6 Å². The summed E-state index contributed by atoms with van der Waals surface area (Å²) in [5.41, 5.74) is 0. The quantitative estimate of drug-likeness (QED) is 0.526. The van der Waals surface area contributed by atoms with Crippen LogP contribution >= 0.6 is 0 Å². The number of nitrogens with one attached hydrogen (secondary N) is 2. The number of likely N-dealkylation sites (N-methyl/N-ethyl adjacent to an activating group) is 1. The van der Waals surface area contributed by atoms with E-state index in [1.807, 2.05) is 6.92 Å².